The van der Waals surface area contributed by atoms with Crippen molar-refractivity contribution < 1.29 is 22.7 Å². The number of fused-ring (bicyclic) bond motifs is 1. The number of hydrogen-bond donors (Lipinski definition) is 1. The van der Waals surface area contributed by atoms with E-state index in [0.717, 1.165) is 0 Å². The molecule has 1 amide bonds. The fraction of sp³-hybridized carbons (Fsp3) is 0.107. The van der Waals surface area contributed by atoms with Gasteiger partial charge in [-0.3, -0.25) is 9.10 Å². The monoisotopic (exact) mass is 500 g/mol. The molecule has 0 saturated heterocycles. The van der Waals surface area contributed by atoms with E-state index in [0.29, 0.717) is 34.2 Å². The van der Waals surface area contributed by atoms with Gasteiger partial charge in [0.1, 0.15) is 17.2 Å². The predicted octanol–water partition coefficient (Wildman–Crippen LogP) is 5.22. The molecular weight excluding hydrogens is 476 g/mol. The number of carbonyl (C=O) groups is 1. The van der Waals surface area contributed by atoms with Gasteiger partial charge in [0.05, 0.1) is 18.0 Å². The van der Waals surface area contributed by atoms with Crippen LogP contribution in [0.15, 0.2) is 109 Å². The summed E-state index contributed by atoms with van der Waals surface area (Å²) in [5.41, 5.74) is 1.63. The van der Waals surface area contributed by atoms with E-state index >= 15 is 0 Å². The summed E-state index contributed by atoms with van der Waals surface area (Å²) in [6.45, 7) is -0.132. The second-order valence-corrected chi connectivity index (χ2v) is 10.2. The molecule has 0 radical (unpaired) electrons. The molecule has 1 N–H and O–H groups in total. The van der Waals surface area contributed by atoms with Crippen LogP contribution in [0.4, 0.5) is 11.4 Å². The van der Waals surface area contributed by atoms with Gasteiger partial charge in [-0.15, -0.1) is 0 Å². The van der Waals surface area contributed by atoms with Gasteiger partial charge >= 0.3 is 0 Å². The van der Waals surface area contributed by atoms with E-state index in [-0.39, 0.29) is 12.3 Å². The second-order valence-electron chi connectivity index (χ2n) is 8.28. The molecule has 1 unspecified atom stereocenters. The first-order valence-corrected chi connectivity index (χ1v) is 13.0. The smallest absolute Gasteiger partial charge is 0.267 e. The van der Waals surface area contributed by atoms with E-state index in [1.807, 2.05) is 36.4 Å². The summed E-state index contributed by atoms with van der Waals surface area (Å²) in [5, 5.41) is 2.81. The number of anilines is 2. The maximum atomic E-state index is 13.4. The highest BCUT2D eigenvalue weighted by atomic mass is 32.2. The fourth-order valence-electron chi connectivity index (χ4n) is 3.92. The Kier molecular flexibility index (Phi) is 6.60. The van der Waals surface area contributed by atoms with E-state index in [1.165, 1.54) is 4.31 Å². The summed E-state index contributed by atoms with van der Waals surface area (Å²) in [7, 11) is -3.77. The average molecular weight is 501 g/mol. The van der Waals surface area contributed by atoms with Crippen LogP contribution in [0.1, 0.15) is 5.56 Å². The Labute approximate surface area is 210 Å². The topological polar surface area (TPSA) is 84.9 Å². The molecule has 8 heteroatoms. The van der Waals surface area contributed by atoms with Crippen molar-refractivity contribution in [2.45, 2.75) is 11.9 Å². The van der Waals surface area contributed by atoms with Gasteiger partial charge in [0.25, 0.3) is 5.91 Å². The van der Waals surface area contributed by atoms with Gasteiger partial charge in [0.2, 0.25) is 10.0 Å². The fourth-order valence-corrected chi connectivity index (χ4v) is 5.50. The van der Waals surface area contributed by atoms with Crippen LogP contribution >= 0.6 is 0 Å². The van der Waals surface area contributed by atoms with Gasteiger partial charge in [0.15, 0.2) is 6.10 Å². The Morgan fingerprint density at radius 2 is 1.44 bits per heavy atom. The molecule has 1 atom stereocenters. The number of ether oxygens (including phenoxy) is 2. The summed E-state index contributed by atoms with van der Waals surface area (Å²) in [6, 6.07) is 32.1. The minimum atomic E-state index is -3.77. The number of hydrogen-bond acceptors (Lipinski definition) is 5. The standard InChI is InChI=1S/C28H24N2O5S/c31-28(29-22-15-17-24(18-16-22)34-23-11-5-2-6-12-23)27-19-30(25-13-7-8-14-26(25)35-27)36(32,33)20-21-9-3-1-4-10-21/h1-18,27H,19-20H2,(H,29,31). The number of nitrogens with zero attached hydrogens (tertiary/aromatic N) is 1. The van der Waals surface area contributed by atoms with Crippen LogP contribution in [0.3, 0.4) is 0 Å². The third-order valence-corrected chi connectivity index (χ3v) is 7.37. The summed E-state index contributed by atoms with van der Waals surface area (Å²) in [5.74, 6) is 1.05. The lowest BCUT2D eigenvalue weighted by molar-refractivity contribution is -0.122. The van der Waals surface area contributed by atoms with Crippen molar-refractivity contribution in [3.63, 3.8) is 0 Å². The molecule has 182 valence electrons. The number of benzene rings is 4. The van der Waals surface area contributed by atoms with Crippen molar-refractivity contribution >= 4 is 27.3 Å². The SMILES string of the molecule is O=C(Nc1ccc(Oc2ccccc2)cc1)C1CN(S(=O)(=O)Cc2ccccc2)c2ccccc2O1. The first kappa shape index (κ1) is 23.4. The van der Waals surface area contributed by atoms with E-state index in [2.05, 4.69) is 5.32 Å². The highest BCUT2D eigenvalue weighted by molar-refractivity contribution is 7.92. The van der Waals surface area contributed by atoms with E-state index in [9.17, 15) is 13.2 Å². The van der Waals surface area contributed by atoms with Crippen molar-refractivity contribution in [1.82, 2.24) is 0 Å². The van der Waals surface area contributed by atoms with Crippen LogP contribution in [0.25, 0.3) is 0 Å². The zero-order valence-electron chi connectivity index (χ0n) is 19.3. The molecule has 36 heavy (non-hydrogen) atoms. The number of para-hydroxylation sites is 3. The van der Waals surface area contributed by atoms with Gasteiger partial charge in [-0.2, -0.15) is 0 Å². The molecule has 0 saturated carbocycles. The van der Waals surface area contributed by atoms with Crippen molar-refractivity contribution in [3.05, 3.63) is 115 Å². The zero-order valence-corrected chi connectivity index (χ0v) is 20.1. The molecule has 4 aromatic carbocycles. The van der Waals surface area contributed by atoms with Gasteiger partial charge in [-0.05, 0) is 54.1 Å². The van der Waals surface area contributed by atoms with Crippen LogP contribution in [-0.2, 0) is 20.6 Å². The molecule has 0 spiro atoms. The Balaban J connectivity index is 1.31. The number of carbonyl (C=O) groups excluding carboxylic acids is 1. The minimum absolute atomic E-state index is 0.132. The summed E-state index contributed by atoms with van der Waals surface area (Å²) in [6.07, 6.45) is -1.02. The molecular formula is C28H24N2O5S. The third-order valence-electron chi connectivity index (χ3n) is 5.66. The lowest BCUT2D eigenvalue weighted by Crippen LogP contribution is -2.49. The van der Waals surface area contributed by atoms with E-state index < -0.39 is 22.0 Å². The Morgan fingerprint density at radius 1 is 0.833 bits per heavy atom. The predicted molar refractivity (Wildman–Crippen MR) is 139 cm³/mol. The highest BCUT2D eigenvalue weighted by Gasteiger charge is 2.36. The second kappa shape index (κ2) is 10.1. The molecule has 1 aliphatic heterocycles. The first-order valence-electron chi connectivity index (χ1n) is 11.4. The normalized spacial score (nSPS) is 14.9. The van der Waals surface area contributed by atoms with Crippen molar-refractivity contribution in [2.75, 3.05) is 16.2 Å². The van der Waals surface area contributed by atoms with Crippen molar-refractivity contribution in [3.8, 4) is 17.2 Å². The highest BCUT2D eigenvalue weighted by Crippen LogP contribution is 2.36. The molecule has 7 nitrogen and oxygen atoms in total. The summed E-state index contributed by atoms with van der Waals surface area (Å²) >= 11 is 0. The average Bonchev–Trinajstić information content (AvgIpc) is 2.90. The summed E-state index contributed by atoms with van der Waals surface area (Å²) < 4.78 is 39.7. The maximum Gasteiger partial charge on any atom is 0.267 e. The van der Waals surface area contributed by atoms with Crippen molar-refractivity contribution in [1.29, 1.82) is 0 Å². The minimum Gasteiger partial charge on any atom is -0.476 e. The zero-order chi connectivity index (χ0) is 25.0. The largest absolute Gasteiger partial charge is 0.476 e. The Hall–Kier alpha value is -4.30. The number of rotatable bonds is 7. The molecule has 5 rings (SSSR count). The lowest BCUT2D eigenvalue weighted by Gasteiger charge is -2.34. The van der Waals surface area contributed by atoms with E-state index in [1.54, 1.807) is 72.8 Å². The van der Waals surface area contributed by atoms with Gasteiger partial charge < -0.3 is 14.8 Å². The Bertz CT molecular complexity index is 1440. The van der Waals surface area contributed by atoms with E-state index in [4.69, 9.17) is 9.47 Å². The lowest BCUT2D eigenvalue weighted by atomic mass is 10.2. The maximum absolute atomic E-state index is 13.4. The molecule has 0 aliphatic carbocycles. The summed E-state index contributed by atoms with van der Waals surface area (Å²) in [4.78, 5) is 13.1. The van der Waals surface area contributed by atoms with Gasteiger partial charge in [0, 0.05) is 5.69 Å². The van der Waals surface area contributed by atoms with Crippen LogP contribution in [0.5, 0.6) is 17.2 Å². The molecule has 0 fully saturated rings. The van der Waals surface area contributed by atoms with Crippen molar-refractivity contribution in [2.24, 2.45) is 0 Å². The van der Waals surface area contributed by atoms with Gasteiger partial charge in [-0.25, -0.2) is 8.42 Å². The van der Waals surface area contributed by atoms with Gasteiger partial charge in [-0.1, -0.05) is 60.7 Å². The van der Waals surface area contributed by atoms with Crippen LogP contribution in [-0.4, -0.2) is 27.0 Å². The van der Waals surface area contributed by atoms with Crippen LogP contribution in [0, 0.1) is 0 Å². The number of nitrogens with one attached hydrogen (secondary N) is 1. The van der Waals surface area contributed by atoms with Crippen LogP contribution in [0.2, 0.25) is 0 Å². The molecule has 0 aromatic heterocycles. The number of sulfonamides is 1. The molecule has 1 aliphatic rings. The molecule has 0 bridgehead atoms. The first-order chi connectivity index (χ1) is 17.5. The molecule has 1 heterocycles. The third kappa shape index (κ3) is 5.34. The molecule has 4 aromatic rings. The number of amides is 1. The van der Waals surface area contributed by atoms with Crippen LogP contribution < -0.4 is 19.1 Å². The Morgan fingerprint density at radius 3 is 2.17 bits per heavy atom. The quantitative estimate of drug-likeness (QED) is 0.376.